The molecule has 0 unspecified atom stereocenters. The van der Waals surface area contributed by atoms with E-state index >= 15 is 0 Å². The number of anilines is 1. The van der Waals surface area contributed by atoms with Crippen molar-refractivity contribution in [2.45, 2.75) is 10.8 Å². The minimum Gasteiger partial charge on any atom is -0.383 e. The molecular weight excluding hydrogens is 256 g/mol. The molecule has 0 atom stereocenters. The van der Waals surface area contributed by atoms with Crippen LogP contribution >= 0.6 is 11.8 Å². The summed E-state index contributed by atoms with van der Waals surface area (Å²) in [5.41, 5.74) is 7.82. The van der Waals surface area contributed by atoms with Crippen LogP contribution in [0.15, 0.2) is 53.9 Å². The molecule has 0 saturated heterocycles. The Labute approximate surface area is 115 Å². The Bertz CT molecular complexity index is 709. The van der Waals surface area contributed by atoms with Gasteiger partial charge in [-0.25, -0.2) is 15.0 Å². The number of rotatable bonds is 3. The summed E-state index contributed by atoms with van der Waals surface area (Å²) in [6, 6.07) is 11.9. The molecule has 4 nitrogen and oxygen atoms in total. The number of nitrogen functional groups attached to an aromatic ring is 1. The number of thioether (sulfide) groups is 1. The minimum atomic E-state index is 0.577. The van der Waals surface area contributed by atoms with Gasteiger partial charge >= 0.3 is 0 Å². The Hall–Kier alpha value is -2.14. The third-order valence-electron chi connectivity index (χ3n) is 2.80. The lowest BCUT2D eigenvalue weighted by Crippen LogP contribution is -1.95. The number of aromatic nitrogens is 3. The highest BCUT2D eigenvalue weighted by Crippen LogP contribution is 2.28. The fraction of sp³-hybridized carbons (Fsp3) is 0.0714. The van der Waals surface area contributed by atoms with Crippen LogP contribution in [0.1, 0.15) is 5.56 Å². The van der Waals surface area contributed by atoms with Gasteiger partial charge in [0, 0.05) is 22.9 Å². The zero-order valence-electron chi connectivity index (χ0n) is 10.2. The predicted molar refractivity (Wildman–Crippen MR) is 77.7 cm³/mol. The summed E-state index contributed by atoms with van der Waals surface area (Å²) in [4.78, 5) is 12.7. The Balaban J connectivity index is 1.88. The SMILES string of the molecule is Nc1ncccc1CSc1ncnc2ccccc12. The molecule has 0 bridgehead atoms. The quantitative estimate of drug-likeness (QED) is 0.584. The molecule has 19 heavy (non-hydrogen) atoms. The Morgan fingerprint density at radius 1 is 1.00 bits per heavy atom. The van der Waals surface area contributed by atoms with Crippen LogP contribution in [0.2, 0.25) is 0 Å². The Morgan fingerprint density at radius 2 is 1.89 bits per heavy atom. The summed E-state index contributed by atoms with van der Waals surface area (Å²) in [5, 5.41) is 2.03. The molecule has 5 heteroatoms. The van der Waals surface area contributed by atoms with Crippen LogP contribution in [0.3, 0.4) is 0 Å². The second-order valence-corrected chi connectivity index (χ2v) is 5.00. The molecule has 0 amide bonds. The molecule has 0 spiro atoms. The summed E-state index contributed by atoms with van der Waals surface area (Å²) < 4.78 is 0. The van der Waals surface area contributed by atoms with Gasteiger partial charge in [-0.1, -0.05) is 24.3 Å². The van der Waals surface area contributed by atoms with Gasteiger partial charge in [0.2, 0.25) is 0 Å². The van der Waals surface area contributed by atoms with Gasteiger partial charge < -0.3 is 5.73 Å². The minimum absolute atomic E-state index is 0.577. The molecule has 0 aliphatic rings. The maximum absolute atomic E-state index is 5.84. The van der Waals surface area contributed by atoms with Crippen molar-refractivity contribution in [3.05, 3.63) is 54.5 Å². The van der Waals surface area contributed by atoms with Crippen LogP contribution in [0.25, 0.3) is 10.9 Å². The lowest BCUT2D eigenvalue weighted by Gasteiger charge is -2.06. The third-order valence-corrected chi connectivity index (χ3v) is 3.85. The van der Waals surface area contributed by atoms with E-state index < -0.39 is 0 Å². The van der Waals surface area contributed by atoms with Gasteiger partial charge in [-0.2, -0.15) is 0 Å². The lowest BCUT2D eigenvalue weighted by atomic mass is 10.2. The van der Waals surface area contributed by atoms with E-state index in [1.54, 1.807) is 24.3 Å². The van der Waals surface area contributed by atoms with E-state index in [0.29, 0.717) is 5.82 Å². The van der Waals surface area contributed by atoms with Crippen molar-refractivity contribution in [1.29, 1.82) is 0 Å². The fourth-order valence-electron chi connectivity index (χ4n) is 1.81. The number of hydrogen-bond donors (Lipinski definition) is 1. The fourth-order valence-corrected chi connectivity index (χ4v) is 2.80. The molecule has 2 aromatic heterocycles. The van der Waals surface area contributed by atoms with Crippen LogP contribution in [-0.4, -0.2) is 15.0 Å². The van der Waals surface area contributed by atoms with E-state index in [-0.39, 0.29) is 0 Å². The number of para-hydroxylation sites is 1. The highest BCUT2D eigenvalue weighted by molar-refractivity contribution is 7.98. The first-order valence-electron chi connectivity index (χ1n) is 5.86. The number of nitrogens with two attached hydrogens (primary N) is 1. The van der Waals surface area contributed by atoms with Crippen molar-refractivity contribution >= 4 is 28.5 Å². The first-order valence-corrected chi connectivity index (χ1v) is 6.85. The number of benzene rings is 1. The van der Waals surface area contributed by atoms with Crippen molar-refractivity contribution in [2.24, 2.45) is 0 Å². The van der Waals surface area contributed by atoms with Gasteiger partial charge in [0.15, 0.2) is 0 Å². The largest absolute Gasteiger partial charge is 0.383 e. The lowest BCUT2D eigenvalue weighted by molar-refractivity contribution is 1.10. The van der Waals surface area contributed by atoms with E-state index in [0.717, 1.165) is 27.2 Å². The molecule has 0 aliphatic carbocycles. The smallest absolute Gasteiger partial charge is 0.127 e. The molecule has 2 heterocycles. The van der Waals surface area contributed by atoms with Crippen molar-refractivity contribution < 1.29 is 0 Å². The first kappa shape index (κ1) is 11.9. The van der Waals surface area contributed by atoms with Crippen LogP contribution in [0.4, 0.5) is 5.82 Å². The second kappa shape index (κ2) is 5.24. The van der Waals surface area contributed by atoms with E-state index in [4.69, 9.17) is 5.73 Å². The topological polar surface area (TPSA) is 64.7 Å². The highest BCUT2D eigenvalue weighted by Gasteiger charge is 2.05. The van der Waals surface area contributed by atoms with Gasteiger partial charge in [-0.15, -0.1) is 11.8 Å². The molecule has 2 N–H and O–H groups in total. The molecule has 94 valence electrons. The average Bonchev–Trinajstić information content (AvgIpc) is 2.46. The standard InChI is InChI=1S/C14H12N4S/c15-13-10(4-3-7-16-13)8-19-14-11-5-1-2-6-12(11)17-9-18-14/h1-7,9H,8H2,(H2,15,16). The van der Waals surface area contributed by atoms with E-state index in [1.807, 2.05) is 36.4 Å². The molecule has 3 aromatic rings. The van der Waals surface area contributed by atoms with Gasteiger partial charge in [-0.3, -0.25) is 0 Å². The highest BCUT2D eigenvalue weighted by atomic mass is 32.2. The van der Waals surface area contributed by atoms with E-state index in [1.165, 1.54) is 0 Å². The number of pyridine rings is 1. The zero-order valence-corrected chi connectivity index (χ0v) is 11.0. The monoisotopic (exact) mass is 268 g/mol. The molecule has 1 aromatic carbocycles. The summed E-state index contributed by atoms with van der Waals surface area (Å²) in [6.07, 6.45) is 3.29. The van der Waals surface area contributed by atoms with Crippen LogP contribution < -0.4 is 5.73 Å². The van der Waals surface area contributed by atoms with E-state index in [9.17, 15) is 0 Å². The van der Waals surface area contributed by atoms with Gasteiger partial charge in [0.1, 0.15) is 17.2 Å². The second-order valence-electron chi connectivity index (χ2n) is 4.03. The normalized spacial score (nSPS) is 10.7. The Morgan fingerprint density at radius 3 is 2.79 bits per heavy atom. The van der Waals surface area contributed by atoms with Gasteiger partial charge in [0.25, 0.3) is 0 Å². The summed E-state index contributed by atoms with van der Waals surface area (Å²) in [5.74, 6) is 1.33. The molecule has 0 radical (unpaired) electrons. The summed E-state index contributed by atoms with van der Waals surface area (Å²) in [7, 11) is 0. The van der Waals surface area contributed by atoms with Crippen LogP contribution in [-0.2, 0) is 5.75 Å². The number of fused-ring (bicyclic) bond motifs is 1. The Kier molecular flexibility index (Phi) is 3.29. The predicted octanol–water partition coefficient (Wildman–Crippen LogP) is 2.90. The summed E-state index contributed by atoms with van der Waals surface area (Å²) >= 11 is 1.65. The van der Waals surface area contributed by atoms with Crippen molar-refractivity contribution in [3.8, 4) is 0 Å². The van der Waals surface area contributed by atoms with Crippen molar-refractivity contribution in [3.63, 3.8) is 0 Å². The molecule has 0 saturated carbocycles. The zero-order chi connectivity index (χ0) is 13.1. The molecule has 3 rings (SSSR count). The molecule has 0 fully saturated rings. The van der Waals surface area contributed by atoms with Crippen molar-refractivity contribution in [2.75, 3.05) is 5.73 Å². The maximum atomic E-state index is 5.84. The van der Waals surface area contributed by atoms with Crippen molar-refractivity contribution in [1.82, 2.24) is 15.0 Å². The third kappa shape index (κ3) is 2.51. The van der Waals surface area contributed by atoms with Gasteiger partial charge in [-0.05, 0) is 12.1 Å². The van der Waals surface area contributed by atoms with Gasteiger partial charge in [0.05, 0.1) is 5.52 Å². The van der Waals surface area contributed by atoms with Crippen LogP contribution in [0, 0.1) is 0 Å². The number of nitrogens with zero attached hydrogens (tertiary/aromatic N) is 3. The average molecular weight is 268 g/mol. The first-order chi connectivity index (χ1) is 9.34. The van der Waals surface area contributed by atoms with E-state index in [2.05, 4.69) is 15.0 Å². The van der Waals surface area contributed by atoms with Crippen LogP contribution in [0.5, 0.6) is 0 Å². The number of hydrogen-bond acceptors (Lipinski definition) is 5. The molecular formula is C14H12N4S. The molecule has 0 aliphatic heterocycles. The summed E-state index contributed by atoms with van der Waals surface area (Å²) in [6.45, 7) is 0. The maximum Gasteiger partial charge on any atom is 0.127 e.